The van der Waals surface area contributed by atoms with Crippen molar-refractivity contribution in [3.05, 3.63) is 81.5 Å². The van der Waals surface area contributed by atoms with Crippen molar-refractivity contribution in [1.82, 2.24) is 19.3 Å². The lowest BCUT2D eigenvalue weighted by atomic mass is 10.2. The molecule has 0 fully saturated rings. The second-order valence-electron chi connectivity index (χ2n) is 7.03. The summed E-state index contributed by atoms with van der Waals surface area (Å²) in [6.07, 6.45) is -2.16. The molecule has 164 valence electrons. The maximum absolute atomic E-state index is 13.0. The molecule has 0 spiro atoms. The summed E-state index contributed by atoms with van der Waals surface area (Å²) in [5.74, 6) is -0.474. The summed E-state index contributed by atoms with van der Waals surface area (Å²) >= 11 is 6.05. The Kier molecular flexibility index (Phi) is 5.47. The average Bonchev–Trinajstić information content (AvgIpc) is 3.17. The fourth-order valence-corrected chi connectivity index (χ4v) is 3.27. The van der Waals surface area contributed by atoms with Gasteiger partial charge in [0.2, 0.25) is 5.91 Å². The number of carbonyl (C=O) groups excluding carboxylic acids is 1. The molecule has 0 saturated heterocycles. The van der Waals surface area contributed by atoms with E-state index in [1.54, 1.807) is 18.2 Å². The molecule has 2 aromatic heterocycles. The zero-order chi connectivity index (χ0) is 23.0. The molecule has 1 amide bonds. The Morgan fingerprint density at radius 1 is 1.19 bits per heavy atom. The van der Waals surface area contributed by atoms with Crippen LogP contribution in [0, 0.1) is 6.92 Å². The Balaban J connectivity index is 1.61. The van der Waals surface area contributed by atoms with Crippen LogP contribution in [0.4, 0.5) is 18.9 Å². The van der Waals surface area contributed by atoms with E-state index in [0.29, 0.717) is 10.7 Å². The number of halogens is 4. The van der Waals surface area contributed by atoms with Crippen LogP contribution in [-0.2, 0) is 17.5 Å². The summed E-state index contributed by atoms with van der Waals surface area (Å²) in [5, 5.41) is 7.22. The molecule has 4 aromatic rings. The molecule has 0 unspecified atom stereocenters. The van der Waals surface area contributed by atoms with Gasteiger partial charge in [-0.2, -0.15) is 18.3 Å². The summed E-state index contributed by atoms with van der Waals surface area (Å²) in [6, 6.07) is 9.55. The highest BCUT2D eigenvalue weighted by atomic mass is 35.5. The first-order chi connectivity index (χ1) is 15.1. The molecule has 11 heteroatoms. The lowest BCUT2D eigenvalue weighted by molar-refractivity contribution is -0.137. The minimum absolute atomic E-state index is 0.0658. The molecular formula is C21H15ClF3N5O2. The topological polar surface area (TPSA) is 81.8 Å². The first kappa shape index (κ1) is 21.6. The Labute approximate surface area is 184 Å². The molecule has 32 heavy (non-hydrogen) atoms. The van der Waals surface area contributed by atoms with Gasteiger partial charge in [0.15, 0.2) is 5.65 Å². The van der Waals surface area contributed by atoms with Gasteiger partial charge in [-0.15, -0.1) is 0 Å². The average molecular weight is 462 g/mol. The summed E-state index contributed by atoms with van der Waals surface area (Å²) in [6.45, 7) is 1.51. The van der Waals surface area contributed by atoms with Crippen molar-refractivity contribution >= 4 is 34.2 Å². The number of amides is 1. The predicted molar refractivity (Wildman–Crippen MR) is 113 cm³/mol. The summed E-state index contributed by atoms with van der Waals surface area (Å²) < 4.78 is 41.3. The maximum Gasteiger partial charge on any atom is 0.416 e. The number of alkyl halides is 3. The Morgan fingerprint density at radius 3 is 2.69 bits per heavy atom. The van der Waals surface area contributed by atoms with Gasteiger partial charge in [0.25, 0.3) is 5.56 Å². The number of rotatable bonds is 4. The zero-order valence-corrected chi connectivity index (χ0v) is 17.3. The molecular weight excluding hydrogens is 447 g/mol. The number of aryl methyl sites for hydroxylation is 1. The van der Waals surface area contributed by atoms with Gasteiger partial charge in [-0.1, -0.05) is 23.7 Å². The lowest BCUT2D eigenvalue weighted by Crippen LogP contribution is -2.27. The lowest BCUT2D eigenvalue weighted by Gasteiger charge is -2.10. The van der Waals surface area contributed by atoms with Gasteiger partial charge in [-0.05, 0) is 42.8 Å². The van der Waals surface area contributed by atoms with Crippen molar-refractivity contribution in [2.24, 2.45) is 0 Å². The fraction of sp³-hybridized carbons (Fsp3) is 0.143. The van der Waals surface area contributed by atoms with Gasteiger partial charge in [-0.25, -0.2) is 9.67 Å². The number of fused-ring (bicyclic) bond motifs is 1. The third-order valence-corrected chi connectivity index (χ3v) is 5.15. The number of nitrogens with one attached hydrogen (secondary N) is 1. The van der Waals surface area contributed by atoms with Crippen LogP contribution in [0.2, 0.25) is 5.02 Å². The largest absolute Gasteiger partial charge is 0.416 e. The summed E-state index contributed by atoms with van der Waals surface area (Å²) in [7, 11) is 0. The minimum Gasteiger partial charge on any atom is -0.324 e. The summed E-state index contributed by atoms with van der Waals surface area (Å²) in [4.78, 5) is 29.3. The molecule has 0 bridgehead atoms. The minimum atomic E-state index is -4.52. The number of carbonyl (C=O) groups is 1. The first-order valence-electron chi connectivity index (χ1n) is 9.30. The molecule has 0 aliphatic carbocycles. The van der Waals surface area contributed by atoms with Crippen LogP contribution < -0.4 is 10.9 Å². The normalized spacial score (nSPS) is 11.7. The third-order valence-electron chi connectivity index (χ3n) is 4.74. The number of anilines is 1. The van der Waals surface area contributed by atoms with E-state index in [2.05, 4.69) is 15.4 Å². The van der Waals surface area contributed by atoms with Gasteiger partial charge in [0, 0.05) is 10.7 Å². The monoisotopic (exact) mass is 461 g/mol. The van der Waals surface area contributed by atoms with Gasteiger partial charge in [0.1, 0.15) is 18.3 Å². The first-order valence-corrected chi connectivity index (χ1v) is 9.68. The van der Waals surface area contributed by atoms with Crippen LogP contribution in [0.3, 0.4) is 0 Å². The van der Waals surface area contributed by atoms with Crippen LogP contribution in [0.1, 0.15) is 11.1 Å². The van der Waals surface area contributed by atoms with Crippen molar-refractivity contribution in [2.45, 2.75) is 19.6 Å². The number of nitrogens with zero attached hydrogens (tertiary/aromatic N) is 4. The van der Waals surface area contributed by atoms with Crippen LogP contribution in [-0.4, -0.2) is 25.2 Å². The molecule has 2 heterocycles. The molecule has 2 aromatic carbocycles. The SMILES string of the molecule is Cc1ccc(NC(=O)Cn2cnc3c(cnn3-c3cccc(C(F)(F)F)c3)c2=O)cc1Cl. The number of aromatic nitrogens is 4. The van der Waals surface area contributed by atoms with E-state index in [0.717, 1.165) is 33.3 Å². The number of benzene rings is 2. The highest BCUT2D eigenvalue weighted by Crippen LogP contribution is 2.30. The van der Waals surface area contributed by atoms with Crippen LogP contribution in [0.5, 0.6) is 0 Å². The van der Waals surface area contributed by atoms with E-state index < -0.39 is 23.2 Å². The van der Waals surface area contributed by atoms with E-state index in [-0.39, 0.29) is 23.3 Å². The molecule has 0 saturated carbocycles. The highest BCUT2D eigenvalue weighted by molar-refractivity contribution is 6.31. The zero-order valence-electron chi connectivity index (χ0n) is 16.5. The van der Waals surface area contributed by atoms with E-state index in [9.17, 15) is 22.8 Å². The van der Waals surface area contributed by atoms with Crippen molar-refractivity contribution in [3.8, 4) is 5.69 Å². The maximum atomic E-state index is 13.0. The van der Waals surface area contributed by atoms with Gasteiger partial charge in [-0.3, -0.25) is 14.2 Å². The Hall–Kier alpha value is -3.66. The molecule has 0 aliphatic rings. The number of hydrogen-bond donors (Lipinski definition) is 1. The third kappa shape index (κ3) is 4.22. The predicted octanol–water partition coefficient (Wildman–Crippen LogP) is 4.20. The fourth-order valence-electron chi connectivity index (χ4n) is 3.09. The smallest absolute Gasteiger partial charge is 0.324 e. The van der Waals surface area contributed by atoms with Gasteiger partial charge in [0.05, 0.1) is 17.4 Å². The summed E-state index contributed by atoms with van der Waals surface area (Å²) in [5.41, 5.74) is 0.119. The highest BCUT2D eigenvalue weighted by Gasteiger charge is 2.30. The molecule has 0 atom stereocenters. The molecule has 0 radical (unpaired) electrons. The van der Waals surface area contributed by atoms with Crippen LogP contribution in [0.25, 0.3) is 16.7 Å². The quantitative estimate of drug-likeness (QED) is 0.494. The molecule has 1 N–H and O–H groups in total. The molecule has 7 nitrogen and oxygen atoms in total. The Morgan fingerprint density at radius 2 is 1.97 bits per heavy atom. The number of hydrogen-bond acceptors (Lipinski definition) is 4. The van der Waals surface area contributed by atoms with Crippen molar-refractivity contribution in [2.75, 3.05) is 5.32 Å². The van der Waals surface area contributed by atoms with E-state index in [1.165, 1.54) is 18.3 Å². The van der Waals surface area contributed by atoms with Crippen molar-refractivity contribution in [3.63, 3.8) is 0 Å². The second-order valence-corrected chi connectivity index (χ2v) is 7.44. The molecule has 0 aliphatic heterocycles. The van der Waals surface area contributed by atoms with Crippen LogP contribution >= 0.6 is 11.6 Å². The van der Waals surface area contributed by atoms with Gasteiger partial charge < -0.3 is 5.32 Å². The van der Waals surface area contributed by atoms with Gasteiger partial charge >= 0.3 is 6.18 Å². The standard InChI is InChI=1S/C21H15ClF3N5O2/c1-12-5-6-14(8-17(12)22)28-18(31)10-29-11-26-19-16(20(29)32)9-27-30(19)15-4-2-3-13(7-15)21(23,24)25/h2-9,11H,10H2,1H3,(H,28,31). The van der Waals surface area contributed by atoms with Crippen LogP contribution in [0.15, 0.2) is 59.8 Å². The van der Waals surface area contributed by atoms with E-state index in [4.69, 9.17) is 11.6 Å². The van der Waals surface area contributed by atoms with E-state index >= 15 is 0 Å². The van der Waals surface area contributed by atoms with E-state index in [1.807, 2.05) is 6.92 Å². The van der Waals surface area contributed by atoms with Crippen molar-refractivity contribution < 1.29 is 18.0 Å². The second kappa shape index (κ2) is 8.12. The molecule has 4 rings (SSSR count). The van der Waals surface area contributed by atoms with Crippen molar-refractivity contribution in [1.29, 1.82) is 0 Å². The Bertz CT molecular complexity index is 1390.